The zero-order valence-electron chi connectivity index (χ0n) is 26.7. The van der Waals surface area contributed by atoms with Gasteiger partial charge in [0.2, 0.25) is 11.4 Å². The molecule has 4 heteroatoms. The van der Waals surface area contributed by atoms with Gasteiger partial charge in [0.05, 0.1) is 11.1 Å². The second kappa shape index (κ2) is 16.9. The molecule has 2 aromatic rings. The summed E-state index contributed by atoms with van der Waals surface area (Å²) in [6.45, 7) is 17.2. The predicted octanol–water partition coefficient (Wildman–Crippen LogP) is 10.2. The first-order valence-electron chi connectivity index (χ1n) is 16.2. The highest BCUT2D eigenvalue weighted by Crippen LogP contribution is 2.37. The molecule has 1 heterocycles. The molecule has 0 aromatic heterocycles. The standard InChI is InChI=1S/C37H54N4/c1-7-13-15-16-17-18-19-21-35-34(20-14-8-2)36(30-22-26-32(27-23-30)39(9-3)10-4)41(38)37(35)31-24-28-33(29-25-31)40(11-5)12-6/h19-29,38H,7-18H2,1-6H3. The summed E-state index contributed by atoms with van der Waals surface area (Å²) < 4.78 is 1.70. The largest absolute Gasteiger partial charge is 0.448 e. The van der Waals surface area contributed by atoms with E-state index in [2.05, 4.69) is 118 Å². The van der Waals surface area contributed by atoms with Gasteiger partial charge in [-0.2, -0.15) is 0 Å². The fraction of sp³-hybridized carbons (Fsp3) is 0.486. The van der Waals surface area contributed by atoms with Crippen molar-refractivity contribution in [2.45, 2.75) is 92.9 Å². The summed E-state index contributed by atoms with van der Waals surface area (Å²) in [7, 11) is 0. The van der Waals surface area contributed by atoms with Gasteiger partial charge >= 0.3 is 0 Å². The summed E-state index contributed by atoms with van der Waals surface area (Å²) >= 11 is 0. The van der Waals surface area contributed by atoms with Crippen molar-refractivity contribution in [1.82, 2.24) is 0 Å². The Bertz CT molecular complexity index is 1190. The van der Waals surface area contributed by atoms with E-state index < -0.39 is 0 Å². The minimum absolute atomic E-state index is 0.975. The van der Waals surface area contributed by atoms with Crippen molar-refractivity contribution in [3.05, 3.63) is 94.9 Å². The Balaban J connectivity index is 2.08. The molecular weight excluding hydrogens is 500 g/mol. The van der Waals surface area contributed by atoms with Gasteiger partial charge in [0, 0.05) is 48.7 Å². The number of allylic oxidation sites excluding steroid dienone is 5. The first-order chi connectivity index (χ1) is 20.0. The van der Waals surface area contributed by atoms with Crippen LogP contribution in [0.5, 0.6) is 0 Å². The molecule has 0 amide bonds. The van der Waals surface area contributed by atoms with E-state index in [1.165, 1.54) is 54.6 Å². The van der Waals surface area contributed by atoms with E-state index in [-0.39, 0.29) is 0 Å². The third kappa shape index (κ3) is 8.15. The van der Waals surface area contributed by atoms with E-state index >= 15 is 0 Å². The van der Waals surface area contributed by atoms with Crippen LogP contribution in [0.2, 0.25) is 0 Å². The molecule has 1 aliphatic heterocycles. The number of hydrogen-bond donors (Lipinski definition) is 0. The summed E-state index contributed by atoms with van der Waals surface area (Å²) in [4.78, 5) is 4.73. The van der Waals surface area contributed by atoms with E-state index in [4.69, 9.17) is 0 Å². The van der Waals surface area contributed by atoms with E-state index in [9.17, 15) is 5.84 Å². The molecular formula is C37H54N4. The maximum absolute atomic E-state index is 9.47. The third-order valence-corrected chi connectivity index (χ3v) is 8.18. The van der Waals surface area contributed by atoms with Crippen LogP contribution in [0.1, 0.15) is 104 Å². The quantitative estimate of drug-likeness (QED) is 0.144. The fourth-order valence-electron chi connectivity index (χ4n) is 5.75. The van der Waals surface area contributed by atoms with Gasteiger partial charge in [-0.15, -0.1) is 0 Å². The summed E-state index contributed by atoms with van der Waals surface area (Å²) in [5.41, 5.74) is 8.96. The second-order valence-corrected chi connectivity index (χ2v) is 10.9. The highest BCUT2D eigenvalue weighted by atomic mass is 15.3. The van der Waals surface area contributed by atoms with Crippen LogP contribution in [0.3, 0.4) is 0 Å². The van der Waals surface area contributed by atoms with Crippen LogP contribution in [0.25, 0.3) is 11.5 Å². The molecule has 0 saturated carbocycles. The molecule has 41 heavy (non-hydrogen) atoms. The Morgan fingerprint density at radius 3 is 1.68 bits per heavy atom. The van der Waals surface area contributed by atoms with Crippen molar-refractivity contribution in [1.29, 1.82) is 0 Å². The maximum atomic E-state index is 9.47. The monoisotopic (exact) mass is 554 g/mol. The molecule has 1 aliphatic rings. The number of nitrogens with one attached hydrogen (secondary N) is 1. The number of nitrogens with zero attached hydrogens (tertiary/aromatic N) is 3. The second-order valence-electron chi connectivity index (χ2n) is 10.9. The molecule has 4 nitrogen and oxygen atoms in total. The average Bonchev–Trinajstić information content (AvgIpc) is 3.28. The Kier molecular flexibility index (Phi) is 13.3. The molecule has 0 bridgehead atoms. The molecule has 222 valence electrons. The number of unbranched alkanes of at least 4 members (excludes halogenated alkanes) is 6. The molecule has 0 atom stereocenters. The Hall–Kier alpha value is -3.27. The van der Waals surface area contributed by atoms with Crippen molar-refractivity contribution in [3.8, 4) is 0 Å². The van der Waals surface area contributed by atoms with Crippen LogP contribution in [-0.4, -0.2) is 36.6 Å². The molecule has 0 radical (unpaired) electrons. The minimum atomic E-state index is 0.975. The van der Waals surface area contributed by atoms with Crippen molar-refractivity contribution in [2.24, 2.45) is 0 Å². The number of benzene rings is 2. The normalized spacial score (nSPS) is 14.6. The topological polar surface area (TPSA) is 33.3 Å². The van der Waals surface area contributed by atoms with E-state index in [1.54, 1.807) is 4.68 Å². The zero-order chi connectivity index (χ0) is 29.6. The Morgan fingerprint density at radius 1 is 0.634 bits per heavy atom. The lowest BCUT2D eigenvalue weighted by atomic mass is 9.94. The molecule has 0 aliphatic carbocycles. The number of rotatable bonds is 17. The van der Waals surface area contributed by atoms with Gasteiger partial charge < -0.3 is 15.6 Å². The lowest BCUT2D eigenvalue weighted by Crippen LogP contribution is -2.21. The van der Waals surface area contributed by atoms with Crippen LogP contribution < -0.4 is 9.80 Å². The van der Waals surface area contributed by atoms with Crippen molar-refractivity contribution in [2.75, 3.05) is 36.0 Å². The van der Waals surface area contributed by atoms with Crippen LogP contribution in [0, 0.1) is 0 Å². The summed E-state index contributed by atoms with van der Waals surface area (Å²) in [6.07, 6.45) is 16.6. The zero-order valence-corrected chi connectivity index (χ0v) is 26.7. The van der Waals surface area contributed by atoms with Crippen molar-refractivity contribution in [3.63, 3.8) is 0 Å². The van der Waals surface area contributed by atoms with Gasteiger partial charge in [-0.05, 0) is 95.5 Å². The minimum Gasteiger partial charge on any atom is -0.448 e. The summed E-state index contributed by atoms with van der Waals surface area (Å²) in [5, 5.41) is 0. The SMILES string of the molecule is CCCC=C1C(C=CCCCCCCC)=C(c2ccc(N(CC)CC)cc2)[N+]([NH-])=C1c1ccc(N(CC)CC)cc1. The Labute approximate surface area is 250 Å². The summed E-state index contributed by atoms with van der Waals surface area (Å²) in [5.74, 6) is 9.47. The van der Waals surface area contributed by atoms with Crippen molar-refractivity contribution >= 4 is 22.8 Å². The van der Waals surface area contributed by atoms with Gasteiger partial charge in [-0.25, -0.2) is 4.68 Å². The summed E-state index contributed by atoms with van der Waals surface area (Å²) in [6, 6.07) is 17.7. The van der Waals surface area contributed by atoms with Crippen LogP contribution in [0.4, 0.5) is 11.4 Å². The molecule has 2 aromatic carbocycles. The molecule has 3 rings (SSSR count). The molecule has 1 N–H and O–H groups in total. The van der Waals surface area contributed by atoms with E-state index in [0.29, 0.717) is 0 Å². The number of anilines is 2. The lowest BCUT2D eigenvalue weighted by molar-refractivity contribution is -0.347. The molecule has 0 unspecified atom stereocenters. The molecule has 0 saturated heterocycles. The van der Waals surface area contributed by atoms with Crippen LogP contribution >= 0.6 is 0 Å². The molecule has 0 fully saturated rings. The van der Waals surface area contributed by atoms with Crippen molar-refractivity contribution < 1.29 is 4.68 Å². The van der Waals surface area contributed by atoms with Gasteiger partial charge in [0.15, 0.2) is 0 Å². The molecule has 0 spiro atoms. The van der Waals surface area contributed by atoms with E-state index in [0.717, 1.165) is 68.0 Å². The Morgan fingerprint density at radius 2 is 1.17 bits per heavy atom. The number of hydrogen-bond acceptors (Lipinski definition) is 2. The fourth-order valence-corrected chi connectivity index (χ4v) is 5.75. The first kappa shape index (κ1) is 32.2. The van der Waals surface area contributed by atoms with Gasteiger partial charge in [0.25, 0.3) is 0 Å². The third-order valence-electron chi connectivity index (χ3n) is 8.18. The highest BCUT2D eigenvalue weighted by Gasteiger charge is 2.34. The van der Waals surface area contributed by atoms with Crippen LogP contribution in [0.15, 0.2) is 77.9 Å². The average molecular weight is 555 g/mol. The maximum Gasteiger partial charge on any atom is 0.216 e. The van der Waals surface area contributed by atoms with Gasteiger partial charge in [-0.3, -0.25) is 0 Å². The van der Waals surface area contributed by atoms with Crippen LogP contribution in [-0.2, 0) is 0 Å². The smallest absolute Gasteiger partial charge is 0.216 e. The lowest BCUT2D eigenvalue weighted by Gasteiger charge is -2.21. The predicted molar refractivity (Wildman–Crippen MR) is 181 cm³/mol. The van der Waals surface area contributed by atoms with Gasteiger partial charge in [-0.1, -0.05) is 64.2 Å². The highest BCUT2D eigenvalue weighted by molar-refractivity contribution is 6.17. The first-order valence-corrected chi connectivity index (χ1v) is 16.2. The van der Waals surface area contributed by atoms with Gasteiger partial charge in [0.1, 0.15) is 0 Å². The van der Waals surface area contributed by atoms with E-state index in [1.807, 2.05) is 0 Å².